The Kier molecular flexibility index (Phi) is 5.19. The van der Waals surface area contributed by atoms with Crippen LogP contribution in [-0.4, -0.2) is 25.0 Å². The van der Waals surface area contributed by atoms with Gasteiger partial charge in [-0.15, -0.1) is 0 Å². The van der Waals surface area contributed by atoms with Crippen LogP contribution in [-0.2, 0) is 6.42 Å². The van der Waals surface area contributed by atoms with Crippen molar-refractivity contribution in [3.05, 3.63) is 29.8 Å². The molecular weight excluding hydrogens is 184 g/mol. The van der Waals surface area contributed by atoms with E-state index in [0.717, 1.165) is 18.7 Å². The number of hydrogen-bond acceptors (Lipinski definition) is 2. The van der Waals surface area contributed by atoms with Crippen LogP contribution in [0.5, 0.6) is 0 Å². The second kappa shape index (κ2) is 6.46. The molecule has 2 heteroatoms. The molecule has 0 unspecified atom stereocenters. The van der Waals surface area contributed by atoms with E-state index in [9.17, 15) is 0 Å². The lowest BCUT2D eigenvalue weighted by Gasteiger charge is -2.15. The van der Waals surface area contributed by atoms with Gasteiger partial charge in [-0.1, -0.05) is 25.5 Å². The number of unbranched alkanes of at least 4 members (excludes halogenated alkanes) is 1. The summed E-state index contributed by atoms with van der Waals surface area (Å²) in [6.07, 6.45) is 3.64. The average Bonchev–Trinajstić information content (AvgIpc) is 2.23. The molecule has 0 saturated carbocycles. The molecule has 0 aromatic heterocycles. The van der Waals surface area contributed by atoms with Gasteiger partial charge in [0.05, 0.1) is 0 Å². The molecule has 0 heterocycles. The molecule has 1 rings (SSSR count). The Morgan fingerprint density at radius 1 is 1.27 bits per heavy atom. The van der Waals surface area contributed by atoms with E-state index < -0.39 is 0 Å². The number of likely N-dealkylation sites (N-methyl/N-ethyl adjacent to an activating group) is 1. The summed E-state index contributed by atoms with van der Waals surface area (Å²) < 4.78 is 0. The first-order valence-electron chi connectivity index (χ1n) is 5.75. The van der Waals surface area contributed by atoms with Gasteiger partial charge < -0.3 is 10.6 Å². The molecule has 2 nitrogen and oxygen atoms in total. The van der Waals surface area contributed by atoms with E-state index in [1.807, 2.05) is 12.1 Å². The number of rotatable bonds is 6. The van der Waals surface area contributed by atoms with Crippen LogP contribution in [0.3, 0.4) is 0 Å². The summed E-state index contributed by atoms with van der Waals surface area (Å²) >= 11 is 0. The van der Waals surface area contributed by atoms with Crippen LogP contribution in [0.1, 0.15) is 25.3 Å². The van der Waals surface area contributed by atoms with Crippen LogP contribution >= 0.6 is 0 Å². The minimum atomic E-state index is 0.865. The van der Waals surface area contributed by atoms with Crippen molar-refractivity contribution in [3.8, 4) is 0 Å². The fraction of sp³-hybridized carbons (Fsp3) is 0.538. The lowest BCUT2D eigenvalue weighted by atomic mass is 10.1. The predicted molar refractivity (Wildman–Crippen MR) is 67.0 cm³/mol. The van der Waals surface area contributed by atoms with Crippen molar-refractivity contribution >= 4 is 5.69 Å². The molecular formula is C13H22N2. The number of nitrogens with two attached hydrogens (primary N) is 1. The molecule has 0 amide bonds. The molecule has 1 aromatic rings. The molecule has 0 radical (unpaired) electrons. The number of nitrogen functional groups attached to an aromatic ring is 1. The van der Waals surface area contributed by atoms with Gasteiger partial charge in [-0.3, -0.25) is 0 Å². The number of nitrogens with zero attached hydrogens (tertiary/aromatic N) is 1. The van der Waals surface area contributed by atoms with E-state index in [0.29, 0.717) is 0 Å². The Morgan fingerprint density at radius 2 is 2.07 bits per heavy atom. The Bertz CT molecular complexity index is 284. The Labute approximate surface area is 93.1 Å². The van der Waals surface area contributed by atoms with Crippen molar-refractivity contribution in [2.45, 2.75) is 26.2 Å². The smallest absolute Gasteiger partial charge is 0.0316 e. The number of benzene rings is 1. The lowest BCUT2D eigenvalue weighted by Crippen LogP contribution is -2.22. The maximum Gasteiger partial charge on any atom is 0.0316 e. The summed E-state index contributed by atoms with van der Waals surface area (Å²) in [5.74, 6) is 0. The highest BCUT2D eigenvalue weighted by Crippen LogP contribution is 2.07. The standard InChI is InChI=1S/C13H22N2/c1-3-4-9-15(2)10-8-12-6-5-7-13(14)11-12/h5-7,11H,3-4,8-10,14H2,1-2H3. The highest BCUT2D eigenvalue weighted by atomic mass is 15.1. The molecule has 0 bridgehead atoms. The minimum Gasteiger partial charge on any atom is -0.399 e. The summed E-state index contributed by atoms with van der Waals surface area (Å²) in [6, 6.07) is 8.17. The van der Waals surface area contributed by atoms with Gasteiger partial charge in [0.2, 0.25) is 0 Å². The van der Waals surface area contributed by atoms with E-state index in [1.165, 1.54) is 24.9 Å². The summed E-state index contributed by atoms with van der Waals surface area (Å²) in [5.41, 5.74) is 7.93. The zero-order valence-electron chi connectivity index (χ0n) is 9.87. The lowest BCUT2D eigenvalue weighted by molar-refractivity contribution is 0.332. The van der Waals surface area contributed by atoms with E-state index in [1.54, 1.807) is 0 Å². The fourth-order valence-corrected chi connectivity index (χ4v) is 1.61. The normalized spacial score (nSPS) is 10.9. The molecule has 2 N–H and O–H groups in total. The van der Waals surface area contributed by atoms with Gasteiger partial charge in [-0.2, -0.15) is 0 Å². The quantitative estimate of drug-likeness (QED) is 0.725. The molecule has 0 aliphatic carbocycles. The number of anilines is 1. The van der Waals surface area contributed by atoms with Crippen molar-refractivity contribution < 1.29 is 0 Å². The number of hydrogen-bond donors (Lipinski definition) is 1. The largest absolute Gasteiger partial charge is 0.399 e. The van der Waals surface area contributed by atoms with Crippen molar-refractivity contribution in [1.82, 2.24) is 4.90 Å². The molecule has 15 heavy (non-hydrogen) atoms. The van der Waals surface area contributed by atoms with E-state index >= 15 is 0 Å². The molecule has 0 saturated heterocycles. The summed E-state index contributed by atoms with van der Waals surface area (Å²) in [5, 5.41) is 0. The third-order valence-electron chi connectivity index (χ3n) is 2.63. The fourth-order valence-electron chi connectivity index (χ4n) is 1.61. The highest BCUT2D eigenvalue weighted by molar-refractivity contribution is 5.40. The van der Waals surface area contributed by atoms with Crippen LogP contribution in [0.25, 0.3) is 0 Å². The molecule has 84 valence electrons. The summed E-state index contributed by atoms with van der Waals surface area (Å²) in [6.45, 7) is 4.54. The Balaban J connectivity index is 2.30. The third kappa shape index (κ3) is 4.84. The molecule has 1 aromatic carbocycles. The molecule has 0 fully saturated rings. The predicted octanol–water partition coefficient (Wildman–Crippen LogP) is 2.54. The Morgan fingerprint density at radius 3 is 2.73 bits per heavy atom. The van der Waals surface area contributed by atoms with E-state index in [4.69, 9.17) is 5.73 Å². The average molecular weight is 206 g/mol. The second-order valence-electron chi connectivity index (χ2n) is 4.15. The topological polar surface area (TPSA) is 29.3 Å². The van der Waals surface area contributed by atoms with Crippen LogP contribution < -0.4 is 5.73 Å². The van der Waals surface area contributed by atoms with Crippen molar-refractivity contribution in [2.24, 2.45) is 0 Å². The molecule has 0 spiro atoms. The maximum absolute atomic E-state index is 5.73. The van der Waals surface area contributed by atoms with Gasteiger partial charge in [0.25, 0.3) is 0 Å². The van der Waals surface area contributed by atoms with Gasteiger partial charge in [-0.25, -0.2) is 0 Å². The highest BCUT2D eigenvalue weighted by Gasteiger charge is 1.98. The molecule has 0 aliphatic heterocycles. The van der Waals surface area contributed by atoms with Gasteiger partial charge in [0, 0.05) is 12.2 Å². The first kappa shape index (κ1) is 12.1. The van der Waals surface area contributed by atoms with Crippen molar-refractivity contribution in [3.63, 3.8) is 0 Å². The van der Waals surface area contributed by atoms with Crippen LogP contribution in [0.15, 0.2) is 24.3 Å². The van der Waals surface area contributed by atoms with Crippen LogP contribution in [0.4, 0.5) is 5.69 Å². The van der Waals surface area contributed by atoms with Crippen molar-refractivity contribution in [2.75, 3.05) is 25.9 Å². The zero-order chi connectivity index (χ0) is 11.1. The van der Waals surface area contributed by atoms with Crippen molar-refractivity contribution in [1.29, 1.82) is 0 Å². The monoisotopic (exact) mass is 206 g/mol. The van der Waals surface area contributed by atoms with Gasteiger partial charge in [0.1, 0.15) is 0 Å². The van der Waals surface area contributed by atoms with E-state index in [-0.39, 0.29) is 0 Å². The summed E-state index contributed by atoms with van der Waals surface area (Å²) in [7, 11) is 2.18. The first-order valence-corrected chi connectivity index (χ1v) is 5.75. The zero-order valence-corrected chi connectivity index (χ0v) is 9.87. The molecule has 0 atom stereocenters. The Hall–Kier alpha value is -1.02. The van der Waals surface area contributed by atoms with Gasteiger partial charge in [-0.05, 0) is 44.1 Å². The summed E-state index contributed by atoms with van der Waals surface area (Å²) in [4.78, 5) is 2.38. The van der Waals surface area contributed by atoms with Gasteiger partial charge in [0.15, 0.2) is 0 Å². The van der Waals surface area contributed by atoms with Gasteiger partial charge >= 0.3 is 0 Å². The minimum absolute atomic E-state index is 0.865. The maximum atomic E-state index is 5.73. The molecule has 0 aliphatic rings. The van der Waals surface area contributed by atoms with E-state index in [2.05, 4.69) is 31.0 Å². The SMILES string of the molecule is CCCCN(C)CCc1cccc(N)c1. The second-order valence-corrected chi connectivity index (χ2v) is 4.15. The first-order chi connectivity index (χ1) is 7.22. The van der Waals surface area contributed by atoms with Crippen LogP contribution in [0.2, 0.25) is 0 Å². The third-order valence-corrected chi connectivity index (χ3v) is 2.63. The van der Waals surface area contributed by atoms with Crippen LogP contribution in [0, 0.1) is 0 Å².